The van der Waals surface area contributed by atoms with Crippen LogP contribution < -0.4 is 5.48 Å². The molecule has 6 heteroatoms. The summed E-state index contributed by atoms with van der Waals surface area (Å²) in [6.07, 6.45) is -0.420. The number of hydrogen-bond acceptors (Lipinski definition) is 5. The van der Waals surface area contributed by atoms with Gasteiger partial charge in [0.15, 0.2) is 0 Å². The van der Waals surface area contributed by atoms with Gasteiger partial charge >= 0.3 is 7.82 Å². The molecule has 0 aromatic heterocycles. The second kappa shape index (κ2) is 6.53. The van der Waals surface area contributed by atoms with Crippen molar-refractivity contribution in [1.82, 2.24) is 5.48 Å². The number of phosphoric acid groups is 1. The first-order valence-electron chi connectivity index (χ1n) is 4.78. The van der Waals surface area contributed by atoms with Gasteiger partial charge in [-0.2, -0.15) is 10.1 Å². The van der Waals surface area contributed by atoms with Crippen molar-refractivity contribution in [3.05, 3.63) is 0 Å². The molecule has 5 nitrogen and oxygen atoms in total. The number of hydroxylamine groups is 1. The summed E-state index contributed by atoms with van der Waals surface area (Å²) in [6.45, 7) is 9.44. The maximum atomic E-state index is 11.9. The fourth-order valence-electron chi connectivity index (χ4n) is 0.728. The second-order valence-corrected chi connectivity index (χ2v) is 4.84. The van der Waals surface area contributed by atoms with Crippen LogP contribution in [0.5, 0.6) is 0 Å². The first-order valence-corrected chi connectivity index (χ1v) is 6.24. The van der Waals surface area contributed by atoms with Crippen LogP contribution in [-0.4, -0.2) is 18.8 Å². The van der Waals surface area contributed by atoms with E-state index in [4.69, 9.17) is 13.7 Å². The molecule has 0 rings (SSSR count). The summed E-state index contributed by atoms with van der Waals surface area (Å²) in [5, 5.41) is 0. The van der Waals surface area contributed by atoms with Crippen LogP contribution in [0.1, 0.15) is 34.6 Å². The molecule has 0 aliphatic heterocycles. The van der Waals surface area contributed by atoms with Crippen molar-refractivity contribution in [3.63, 3.8) is 0 Å². The summed E-state index contributed by atoms with van der Waals surface area (Å²) in [7, 11) is -3.46. The van der Waals surface area contributed by atoms with E-state index in [1.165, 1.54) is 0 Å². The van der Waals surface area contributed by atoms with Crippen molar-refractivity contribution in [2.45, 2.75) is 46.8 Å². The van der Waals surface area contributed by atoms with Crippen molar-refractivity contribution < 1.29 is 18.2 Å². The van der Waals surface area contributed by atoms with Gasteiger partial charge in [0, 0.05) is 6.54 Å². The molecule has 0 heterocycles. The van der Waals surface area contributed by atoms with Gasteiger partial charge in [0.05, 0.1) is 12.2 Å². The molecule has 1 N–H and O–H groups in total. The third-order valence-electron chi connectivity index (χ3n) is 1.00. The predicted molar refractivity (Wildman–Crippen MR) is 54.8 cm³/mol. The predicted octanol–water partition coefficient (Wildman–Crippen LogP) is 2.49. The fourth-order valence-corrected chi connectivity index (χ4v) is 2.18. The van der Waals surface area contributed by atoms with Crippen LogP contribution in [0, 0.1) is 0 Å². The van der Waals surface area contributed by atoms with Crippen LogP contribution in [0.25, 0.3) is 0 Å². The van der Waals surface area contributed by atoms with Gasteiger partial charge in [-0.05, 0) is 27.7 Å². The Hall–Kier alpha value is 0.0700. The molecule has 0 aromatic carbocycles. The lowest BCUT2D eigenvalue weighted by atomic mass is 10.5. The van der Waals surface area contributed by atoms with E-state index in [0.29, 0.717) is 6.54 Å². The SMILES string of the molecule is CCNOP(=O)(OC(C)C)OC(C)C. The third-order valence-corrected chi connectivity index (χ3v) is 2.71. The lowest BCUT2D eigenvalue weighted by Gasteiger charge is -2.21. The van der Waals surface area contributed by atoms with Gasteiger partial charge in [-0.25, -0.2) is 4.57 Å². The highest BCUT2D eigenvalue weighted by Crippen LogP contribution is 2.50. The molecule has 0 spiro atoms. The van der Waals surface area contributed by atoms with Crippen LogP contribution in [-0.2, 0) is 18.2 Å². The van der Waals surface area contributed by atoms with Crippen LogP contribution in [0.4, 0.5) is 0 Å². The Labute approximate surface area is 85.7 Å². The van der Waals surface area contributed by atoms with E-state index in [1.54, 1.807) is 27.7 Å². The van der Waals surface area contributed by atoms with E-state index in [2.05, 4.69) is 5.48 Å². The Morgan fingerprint density at radius 2 is 1.57 bits per heavy atom. The van der Waals surface area contributed by atoms with Gasteiger partial charge in [-0.15, -0.1) is 0 Å². The highest BCUT2D eigenvalue weighted by Gasteiger charge is 2.29. The molecular formula is C8H20NO4P. The highest BCUT2D eigenvalue weighted by atomic mass is 31.2. The molecule has 0 aliphatic carbocycles. The Balaban J connectivity index is 4.26. The molecule has 0 radical (unpaired) electrons. The van der Waals surface area contributed by atoms with Crippen LogP contribution >= 0.6 is 7.82 Å². The van der Waals surface area contributed by atoms with Gasteiger partial charge < -0.3 is 0 Å². The number of rotatable bonds is 7. The smallest absolute Gasteiger partial charge is 0.283 e. The van der Waals surface area contributed by atoms with Crippen molar-refractivity contribution in [1.29, 1.82) is 0 Å². The maximum absolute atomic E-state index is 11.9. The van der Waals surface area contributed by atoms with Crippen molar-refractivity contribution in [2.75, 3.05) is 6.54 Å². The molecule has 0 aromatic rings. The summed E-state index contributed by atoms with van der Waals surface area (Å²) in [5.74, 6) is 0. The van der Waals surface area contributed by atoms with E-state index in [-0.39, 0.29) is 12.2 Å². The standard InChI is InChI=1S/C8H20NO4P/c1-6-9-13-14(10,11-7(2)3)12-8(4)5/h7-9H,6H2,1-5H3. The summed E-state index contributed by atoms with van der Waals surface area (Å²) >= 11 is 0. The largest absolute Gasteiger partial charge is 0.491 e. The minimum absolute atomic E-state index is 0.210. The van der Waals surface area contributed by atoms with E-state index >= 15 is 0 Å². The molecule has 0 fully saturated rings. The molecule has 0 saturated carbocycles. The van der Waals surface area contributed by atoms with Gasteiger partial charge in [0.2, 0.25) is 0 Å². The third kappa shape index (κ3) is 6.51. The number of nitrogens with one attached hydrogen (secondary N) is 1. The quantitative estimate of drug-likeness (QED) is 0.533. The van der Waals surface area contributed by atoms with Crippen molar-refractivity contribution in [3.8, 4) is 0 Å². The fraction of sp³-hybridized carbons (Fsp3) is 1.00. The van der Waals surface area contributed by atoms with Gasteiger partial charge in [0.25, 0.3) is 0 Å². The molecule has 86 valence electrons. The lowest BCUT2D eigenvalue weighted by molar-refractivity contribution is 0.0427. The summed E-state index contributed by atoms with van der Waals surface area (Å²) < 4.78 is 26.9. The molecular weight excluding hydrogens is 205 g/mol. The zero-order valence-electron chi connectivity index (χ0n) is 9.44. The second-order valence-electron chi connectivity index (χ2n) is 3.34. The van der Waals surface area contributed by atoms with E-state index in [9.17, 15) is 4.57 Å². The number of hydrogen-bond donors (Lipinski definition) is 1. The summed E-state index contributed by atoms with van der Waals surface area (Å²) in [5.41, 5.74) is 2.49. The zero-order valence-corrected chi connectivity index (χ0v) is 10.3. The normalized spacial score (nSPS) is 12.8. The Bertz CT molecular complexity index is 182. The molecule has 0 saturated heterocycles. The monoisotopic (exact) mass is 225 g/mol. The van der Waals surface area contributed by atoms with Crippen LogP contribution in [0.15, 0.2) is 0 Å². The topological polar surface area (TPSA) is 56.8 Å². The molecule has 0 unspecified atom stereocenters. The van der Waals surface area contributed by atoms with Crippen molar-refractivity contribution in [2.24, 2.45) is 0 Å². The molecule has 0 aliphatic rings. The Morgan fingerprint density at radius 3 is 1.86 bits per heavy atom. The van der Waals surface area contributed by atoms with E-state index in [0.717, 1.165) is 0 Å². The average molecular weight is 225 g/mol. The zero-order chi connectivity index (χ0) is 11.2. The van der Waals surface area contributed by atoms with Gasteiger partial charge in [0.1, 0.15) is 0 Å². The van der Waals surface area contributed by atoms with Crippen molar-refractivity contribution >= 4 is 7.82 Å². The summed E-state index contributed by atoms with van der Waals surface area (Å²) in [4.78, 5) is 0. The molecule has 0 atom stereocenters. The minimum atomic E-state index is -3.46. The van der Waals surface area contributed by atoms with Crippen LogP contribution in [0.3, 0.4) is 0 Å². The minimum Gasteiger partial charge on any atom is -0.283 e. The van der Waals surface area contributed by atoms with Gasteiger partial charge in [-0.1, -0.05) is 6.92 Å². The maximum Gasteiger partial charge on any atom is 0.491 e. The van der Waals surface area contributed by atoms with E-state index in [1.807, 2.05) is 6.92 Å². The Kier molecular flexibility index (Phi) is 6.57. The Morgan fingerprint density at radius 1 is 1.14 bits per heavy atom. The average Bonchev–Trinajstić information content (AvgIpc) is 1.97. The first-order chi connectivity index (χ1) is 6.39. The molecule has 14 heavy (non-hydrogen) atoms. The summed E-state index contributed by atoms with van der Waals surface area (Å²) in [6, 6.07) is 0. The molecule has 0 bridgehead atoms. The molecule has 0 amide bonds. The lowest BCUT2D eigenvalue weighted by Crippen LogP contribution is -2.17. The van der Waals surface area contributed by atoms with Crippen LogP contribution in [0.2, 0.25) is 0 Å². The first kappa shape index (κ1) is 14.1. The van der Waals surface area contributed by atoms with Gasteiger partial charge in [-0.3, -0.25) is 9.05 Å². The van der Waals surface area contributed by atoms with E-state index < -0.39 is 7.82 Å². The number of phosphoric ester groups is 1. The highest BCUT2D eigenvalue weighted by molar-refractivity contribution is 7.48.